The first kappa shape index (κ1) is 8.48. The molecule has 9 heavy (non-hydrogen) atoms. The minimum Gasteiger partial charge on any atom is -0.216 e. The predicted octanol–water partition coefficient (Wildman–Crippen LogP) is 1.49. The van der Waals surface area contributed by atoms with Gasteiger partial charge in [0.2, 0.25) is 0 Å². The number of nitrogens with zero attached hydrogens (tertiary/aromatic N) is 3. The third-order valence-electron chi connectivity index (χ3n) is 0.374. The molecule has 0 aromatic heterocycles. The standard InChI is InChI=1S/C2H2BrN3O2S/c3-1-2-9(7,8)6-5-4/h1-2H. The summed E-state index contributed by atoms with van der Waals surface area (Å²) in [5, 5.41) is 0.743. The normalized spacial score (nSPS) is 11.2. The molecule has 0 saturated carbocycles. The first-order chi connectivity index (χ1) is 4.12. The van der Waals surface area contributed by atoms with Crippen molar-refractivity contribution in [2.45, 2.75) is 0 Å². The van der Waals surface area contributed by atoms with Crippen molar-refractivity contribution >= 4 is 26.0 Å². The van der Waals surface area contributed by atoms with E-state index in [-0.39, 0.29) is 0 Å². The molecule has 0 aliphatic rings. The van der Waals surface area contributed by atoms with Crippen molar-refractivity contribution < 1.29 is 8.42 Å². The molecule has 0 aromatic carbocycles. The monoisotopic (exact) mass is 211 g/mol. The van der Waals surface area contributed by atoms with E-state index in [1.54, 1.807) is 0 Å². The summed E-state index contributed by atoms with van der Waals surface area (Å²) in [5.41, 5.74) is 7.66. The van der Waals surface area contributed by atoms with E-state index in [1.165, 1.54) is 0 Å². The second-order valence-electron chi connectivity index (χ2n) is 0.948. The van der Waals surface area contributed by atoms with Gasteiger partial charge in [0, 0.05) is 14.8 Å². The minimum atomic E-state index is -3.70. The Morgan fingerprint density at radius 1 is 1.67 bits per heavy atom. The summed E-state index contributed by atoms with van der Waals surface area (Å²) in [7, 11) is -3.70. The van der Waals surface area contributed by atoms with E-state index < -0.39 is 10.0 Å². The number of hydrogen-bond acceptors (Lipinski definition) is 2. The Morgan fingerprint density at radius 3 is 2.56 bits per heavy atom. The SMILES string of the molecule is [N-]=[N+]=NS(=O)(=O)C=CBr. The fraction of sp³-hybridized carbons (Fsp3) is 0. The van der Waals surface area contributed by atoms with E-state index in [2.05, 4.69) is 25.4 Å². The van der Waals surface area contributed by atoms with E-state index in [9.17, 15) is 8.42 Å². The second-order valence-corrected chi connectivity index (χ2v) is 2.94. The molecule has 0 spiro atoms. The summed E-state index contributed by atoms with van der Waals surface area (Å²) in [4.78, 5) is 3.19. The van der Waals surface area contributed by atoms with Crippen molar-refractivity contribution in [3.8, 4) is 0 Å². The molecule has 0 atom stereocenters. The Balaban J connectivity index is 4.62. The van der Waals surface area contributed by atoms with Gasteiger partial charge in [-0.05, 0) is 10.5 Å². The molecule has 50 valence electrons. The topological polar surface area (TPSA) is 82.9 Å². The maximum absolute atomic E-state index is 10.3. The molecular formula is C2H2BrN3O2S. The zero-order chi connectivity index (χ0) is 7.33. The van der Waals surface area contributed by atoms with Gasteiger partial charge in [-0.2, -0.15) is 0 Å². The zero-order valence-electron chi connectivity index (χ0n) is 4.10. The molecule has 0 aliphatic heterocycles. The molecule has 0 fully saturated rings. The highest BCUT2D eigenvalue weighted by atomic mass is 79.9. The van der Waals surface area contributed by atoms with Gasteiger partial charge in [0.05, 0.1) is 0 Å². The zero-order valence-corrected chi connectivity index (χ0v) is 6.50. The van der Waals surface area contributed by atoms with Gasteiger partial charge in [0.1, 0.15) is 0 Å². The van der Waals surface area contributed by atoms with Gasteiger partial charge < -0.3 is 0 Å². The first-order valence-electron chi connectivity index (χ1n) is 1.70. The molecule has 0 unspecified atom stereocenters. The Kier molecular flexibility index (Phi) is 3.29. The van der Waals surface area contributed by atoms with Crippen LogP contribution < -0.4 is 0 Å². The molecule has 7 heteroatoms. The second kappa shape index (κ2) is 3.49. The van der Waals surface area contributed by atoms with Gasteiger partial charge >= 0.3 is 0 Å². The van der Waals surface area contributed by atoms with E-state index >= 15 is 0 Å². The largest absolute Gasteiger partial charge is 0.258 e. The third kappa shape index (κ3) is 4.01. The van der Waals surface area contributed by atoms with Crippen molar-refractivity contribution in [1.29, 1.82) is 0 Å². The fourth-order valence-electron chi connectivity index (χ4n) is 0.143. The molecule has 0 radical (unpaired) electrons. The fourth-order valence-corrected chi connectivity index (χ4v) is 1.25. The lowest BCUT2D eigenvalue weighted by Crippen LogP contribution is -1.83. The van der Waals surface area contributed by atoms with E-state index in [0.717, 1.165) is 10.4 Å². The van der Waals surface area contributed by atoms with Crippen LogP contribution in [0, 0.1) is 0 Å². The van der Waals surface area contributed by atoms with Crippen LogP contribution in [0.25, 0.3) is 10.4 Å². The Bertz CT molecular complexity index is 249. The lowest BCUT2D eigenvalue weighted by atomic mass is 11.3. The van der Waals surface area contributed by atoms with Crippen molar-refractivity contribution in [1.82, 2.24) is 0 Å². The van der Waals surface area contributed by atoms with Gasteiger partial charge in [-0.15, -0.1) is 0 Å². The Hall–Kier alpha value is -0.520. The van der Waals surface area contributed by atoms with Crippen molar-refractivity contribution in [2.24, 2.45) is 4.52 Å². The van der Waals surface area contributed by atoms with Crippen LogP contribution in [0.3, 0.4) is 0 Å². The average Bonchev–Trinajstić information content (AvgIpc) is 1.64. The van der Waals surface area contributed by atoms with Gasteiger partial charge in [0.25, 0.3) is 10.0 Å². The number of azide groups is 1. The highest BCUT2D eigenvalue weighted by Crippen LogP contribution is 1.96. The summed E-state index contributed by atoms with van der Waals surface area (Å²) < 4.78 is 23.1. The smallest absolute Gasteiger partial charge is 0.216 e. The van der Waals surface area contributed by atoms with Crippen LogP contribution in [-0.2, 0) is 10.0 Å². The van der Waals surface area contributed by atoms with Crippen LogP contribution >= 0.6 is 15.9 Å². The van der Waals surface area contributed by atoms with Gasteiger partial charge in [0.15, 0.2) is 0 Å². The average molecular weight is 212 g/mol. The van der Waals surface area contributed by atoms with Crippen molar-refractivity contribution in [2.75, 3.05) is 0 Å². The van der Waals surface area contributed by atoms with Gasteiger partial charge in [-0.25, -0.2) is 8.42 Å². The lowest BCUT2D eigenvalue weighted by Gasteiger charge is -1.77. The number of halogens is 1. The van der Waals surface area contributed by atoms with Gasteiger partial charge in [-0.1, -0.05) is 15.9 Å². The maximum Gasteiger partial charge on any atom is 0.258 e. The molecule has 5 nitrogen and oxygen atoms in total. The molecule has 0 rings (SSSR count). The Morgan fingerprint density at radius 2 is 2.22 bits per heavy atom. The third-order valence-corrected chi connectivity index (χ3v) is 1.77. The summed E-state index contributed by atoms with van der Waals surface area (Å²) in [5.74, 6) is 0. The first-order valence-corrected chi connectivity index (χ1v) is 4.12. The van der Waals surface area contributed by atoms with Crippen LogP contribution in [0.1, 0.15) is 0 Å². The summed E-state index contributed by atoms with van der Waals surface area (Å²) in [6.45, 7) is 0. The Labute approximate surface area is 60.2 Å². The number of rotatable bonds is 2. The van der Waals surface area contributed by atoms with Crippen LogP contribution in [-0.4, -0.2) is 8.42 Å². The van der Waals surface area contributed by atoms with E-state index in [1.807, 2.05) is 0 Å². The van der Waals surface area contributed by atoms with Crippen LogP contribution in [0.4, 0.5) is 0 Å². The molecule has 0 N–H and O–H groups in total. The molecule has 0 heterocycles. The van der Waals surface area contributed by atoms with Crippen molar-refractivity contribution in [3.63, 3.8) is 0 Å². The lowest BCUT2D eigenvalue weighted by molar-refractivity contribution is 0.606. The summed E-state index contributed by atoms with van der Waals surface area (Å²) >= 11 is 2.71. The molecule has 0 bridgehead atoms. The van der Waals surface area contributed by atoms with Crippen LogP contribution in [0.2, 0.25) is 0 Å². The van der Waals surface area contributed by atoms with Crippen LogP contribution in [0.15, 0.2) is 14.9 Å². The quantitative estimate of drug-likeness (QED) is 0.394. The maximum atomic E-state index is 10.3. The number of hydrogen-bond donors (Lipinski definition) is 0. The predicted molar refractivity (Wildman–Crippen MR) is 36.1 cm³/mol. The van der Waals surface area contributed by atoms with E-state index in [4.69, 9.17) is 5.53 Å². The molecule has 0 aliphatic carbocycles. The molecule has 0 aromatic rings. The van der Waals surface area contributed by atoms with E-state index in [0.29, 0.717) is 0 Å². The highest BCUT2D eigenvalue weighted by Gasteiger charge is 1.97. The molecule has 0 amide bonds. The highest BCUT2D eigenvalue weighted by molar-refractivity contribution is 9.11. The number of sulfonamides is 1. The minimum absolute atomic E-state index is 0.743. The molecule has 0 saturated heterocycles. The van der Waals surface area contributed by atoms with Crippen molar-refractivity contribution in [3.05, 3.63) is 20.8 Å². The van der Waals surface area contributed by atoms with Crippen LogP contribution in [0.5, 0.6) is 0 Å². The summed E-state index contributed by atoms with van der Waals surface area (Å²) in [6, 6.07) is 0. The molecular weight excluding hydrogens is 210 g/mol. The summed E-state index contributed by atoms with van der Waals surface area (Å²) in [6.07, 6.45) is 0. The van der Waals surface area contributed by atoms with Gasteiger partial charge in [-0.3, -0.25) is 0 Å².